The van der Waals surface area contributed by atoms with Gasteiger partial charge in [-0.05, 0) is 24.1 Å². The van der Waals surface area contributed by atoms with Crippen LogP contribution in [0, 0.1) is 5.92 Å². The molecule has 2 unspecified atom stereocenters. The lowest BCUT2D eigenvalue weighted by Crippen LogP contribution is -2.14. The van der Waals surface area contributed by atoms with Gasteiger partial charge in [-0.25, -0.2) is 0 Å². The van der Waals surface area contributed by atoms with Crippen molar-refractivity contribution >= 4 is 21.9 Å². The molecule has 0 aliphatic carbocycles. The van der Waals surface area contributed by atoms with Gasteiger partial charge in [-0.2, -0.15) is 0 Å². The first-order valence-electron chi connectivity index (χ1n) is 5.19. The van der Waals surface area contributed by atoms with Gasteiger partial charge < -0.3 is 14.9 Å². The molecule has 17 heavy (non-hydrogen) atoms. The molecular formula is C12H15BrO4. The minimum atomic E-state index is -0.925. The van der Waals surface area contributed by atoms with E-state index in [0.717, 1.165) is 4.47 Å². The van der Waals surface area contributed by atoms with Crippen molar-refractivity contribution in [3.05, 3.63) is 28.2 Å². The van der Waals surface area contributed by atoms with Crippen molar-refractivity contribution in [2.24, 2.45) is 5.92 Å². The molecule has 0 saturated heterocycles. The quantitative estimate of drug-likeness (QED) is 0.877. The number of carboxylic acid groups (broad SMARTS) is 1. The Bertz CT molecular complexity index is 405. The van der Waals surface area contributed by atoms with Crippen molar-refractivity contribution < 1.29 is 19.7 Å². The van der Waals surface area contributed by atoms with Gasteiger partial charge in [0.05, 0.1) is 19.6 Å². The molecule has 0 radical (unpaired) electrons. The number of aliphatic carboxylic acids is 1. The normalized spacial score (nSPS) is 14.1. The molecular weight excluding hydrogens is 288 g/mol. The summed E-state index contributed by atoms with van der Waals surface area (Å²) >= 11 is 3.31. The zero-order valence-corrected chi connectivity index (χ0v) is 11.3. The van der Waals surface area contributed by atoms with Gasteiger partial charge in [0.1, 0.15) is 5.75 Å². The molecule has 0 aliphatic heterocycles. The molecule has 94 valence electrons. The van der Waals surface area contributed by atoms with Gasteiger partial charge in [0.2, 0.25) is 0 Å². The number of rotatable bonds is 5. The highest BCUT2D eigenvalue weighted by molar-refractivity contribution is 9.10. The molecule has 5 heteroatoms. The minimum absolute atomic E-state index is 0.0865. The molecule has 0 bridgehead atoms. The van der Waals surface area contributed by atoms with Crippen molar-refractivity contribution in [2.45, 2.75) is 19.4 Å². The van der Waals surface area contributed by atoms with Crippen LogP contribution in [0.3, 0.4) is 0 Å². The molecule has 0 aliphatic rings. The van der Waals surface area contributed by atoms with Gasteiger partial charge in [0.15, 0.2) is 0 Å². The predicted molar refractivity (Wildman–Crippen MR) is 67.1 cm³/mol. The van der Waals surface area contributed by atoms with E-state index in [1.165, 1.54) is 7.11 Å². The van der Waals surface area contributed by atoms with Crippen LogP contribution in [0.25, 0.3) is 0 Å². The fourth-order valence-corrected chi connectivity index (χ4v) is 2.01. The van der Waals surface area contributed by atoms with Crippen molar-refractivity contribution in [3.63, 3.8) is 0 Å². The van der Waals surface area contributed by atoms with E-state index < -0.39 is 12.1 Å². The Labute approximate surface area is 108 Å². The topological polar surface area (TPSA) is 66.8 Å². The Morgan fingerprint density at radius 2 is 2.18 bits per heavy atom. The summed E-state index contributed by atoms with van der Waals surface area (Å²) in [6.45, 7) is 1.69. The maximum atomic E-state index is 10.6. The summed E-state index contributed by atoms with van der Waals surface area (Å²) in [5.41, 5.74) is 0.593. The van der Waals surface area contributed by atoms with Crippen LogP contribution in [0.1, 0.15) is 25.0 Å². The van der Waals surface area contributed by atoms with E-state index in [1.807, 2.05) is 0 Å². The van der Waals surface area contributed by atoms with Crippen LogP contribution in [-0.4, -0.2) is 23.3 Å². The molecule has 1 aromatic carbocycles. The molecule has 0 heterocycles. The smallest absolute Gasteiger partial charge is 0.303 e. The molecule has 2 N–H and O–H groups in total. The lowest BCUT2D eigenvalue weighted by atomic mass is 9.94. The highest BCUT2D eigenvalue weighted by Crippen LogP contribution is 2.33. The van der Waals surface area contributed by atoms with Crippen molar-refractivity contribution in [3.8, 4) is 5.75 Å². The third-order valence-corrected chi connectivity index (χ3v) is 3.04. The van der Waals surface area contributed by atoms with E-state index in [4.69, 9.17) is 9.84 Å². The molecule has 4 nitrogen and oxygen atoms in total. The second-order valence-corrected chi connectivity index (χ2v) is 4.82. The van der Waals surface area contributed by atoms with E-state index in [0.29, 0.717) is 11.3 Å². The number of hydrogen-bond acceptors (Lipinski definition) is 3. The second kappa shape index (κ2) is 6.02. The standard InChI is InChI=1S/C12H15BrO4/c1-7(5-11(14)15)12(16)9-6-8(13)3-4-10(9)17-2/h3-4,6-7,12,16H,5H2,1-2H3,(H,14,15). The Balaban J connectivity index is 2.97. The van der Waals surface area contributed by atoms with Crippen molar-refractivity contribution in [2.75, 3.05) is 7.11 Å². The van der Waals surface area contributed by atoms with Crippen molar-refractivity contribution in [1.82, 2.24) is 0 Å². The molecule has 0 amide bonds. The molecule has 1 aromatic rings. The van der Waals surface area contributed by atoms with E-state index in [1.54, 1.807) is 25.1 Å². The Kier molecular flexibility index (Phi) is 4.96. The third kappa shape index (κ3) is 3.71. The monoisotopic (exact) mass is 302 g/mol. The number of carbonyl (C=O) groups is 1. The number of hydrogen-bond donors (Lipinski definition) is 2. The maximum absolute atomic E-state index is 10.6. The summed E-state index contributed by atoms with van der Waals surface area (Å²) in [5, 5.41) is 18.8. The number of benzene rings is 1. The number of aliphatic hydroxyl groups excluding tert-OH is 1. The van der Waals surface area contributed by atoms with Crippen LogP contribution in [0.5, 0.6) is 5.75 Å². The zero-order chi connectivity index (χ0) is 13.0. The SMILES string of the molecule is COc1ccc(Br)cc1C(O)C(C)CC(=O)O. The van der Waals surface area contributed by atoms with Gasteiger partial charge in [-0.15, -0.1) is 0 Å². The summed E-state index contributed by atoms with van der Waals surface area (Å²) < 4.78 is 5.96. The first kappa shape index (κ1) is 14.0. The summed E-state index contributed by atoms with van der Waals surface area (Å²) in [6.07, 6.45) is -0.949. The fraction of sp³-hybridized carbons (Fsp3) is 0.417. The van der Waals surface area contributed by atoms with Crippen molar-refractivity contribution in [1.29, 1.82) is 0 Å². The van der Waals surface area contributed by atoms with E-state index >= 15 is 0 Å². The molecule has 0 saturated carbocycles. The number of halogens is 1. The van der Waals surface area contributed by atoms with E-state index in [2.05, 4.69) is 15.9 Å². The Morgan fingerprint density at radius 1 is 1.53 bits per heavy atom. The summed E-state index contributed by atoms with van der Waals surface area (Å²) in [6, 6.07) is 5.27. The van der Waals surface area contributed by atoms with Crippen LogP contribution in [0.15, 0.2) is 22.7 Å². The number of ether oxygens (including phenoxy) is 1. The Morgan fingerprint density at radius 3 is 2.71 bits per heavy atom. The largest absolute Gasteiger partial charge is 0.496 e. The van der Waals surface area contributed by atoms with Gasteiger partial charge in [-0.1, -0.05) is 22.9 Å². The Hall–Kier alpha value is -1.07. The number of carboxylic acids is 1. The molecule has 0 aromatic heterocycles. The van der Waals surface area contributed by atoms with Gasteiger partial charge >= 0.3 is 5.97 Å². The molecule has 2 atom stereocenters. The lowest BCUT2D eigenvalue weighted by Gasteiger charge is -2.20. The van der Waals surface area contributed by atoms with Gasteiger partial charge in [0, 0.05) is 10.0 Å². The van der Waals surface area contributed by atoms with Gasteiger partial charge in [0.25, 0.3) is 0 Å². The van der Waals surface area contributed by atoms with Crippen LogP contribution in [0.2, 0.25) is 0 Å². The zero-order valence-electron chi connectivity index (χ0n) is 9.68. The van der Waals surface area contributed by atoms with Crippen LogP contribution in [-0.2, 0) is 4.79 Å². The lowest BCUT2D eigenvalue weighted by molar-refractivity contribution is -0.139. The fourth-order valence-electron chi connectivity index (χ4n) is 1.63. The molecule has 0 spiro atoms. The minimum Gasteiger partial charge on any atom is -0.496 e. The first-order chi connectivity index (χ1) is 7.95. The van der Waals surface area contributed by atoms with Crippen LogP contribution < -0.4 is 4.74 Å². The average Bonchev–Trinajstić information content (AvgIpc) is 2.27. The summed E-state index contributed by atoms with van der Waals surface area (Å²) in [4.78, 5) is 10.6. The van der Waals surface area contributed by atoms with Gasteiger partial charge in [-0.3, -0.25) is 4.79 Å². The van der Waals surface area contributed by atoms with E-state index in [-0.39, 0.29) is 12.3 Å². The highest BCUT2D eigenvalue weighted by atomic mass is 79.9. The maximum Gasteiger partial charge on any atom is 0.303 e. The molecule has 1 rings (SSSR count). The van der Waals surface area contributed by atoms with Crippen LogP contribution in [0.4, 0.5) is 0 Å². The highest BCUT2D eigenvalue weighted by Gasteiger charge is 2.22. The predicted octanol–water partition coefficient (Wildman–Crippen LogP) is 2.60. The second-order valence-electron chi connectivity index (χ2n) is 3.91. The summed E-state index contributed by atoms with van der Waals surface area (Å²) in [5.74, 6) is -0.751. The first-order valence-corrected chi connectivity index (χ1v) is 5.98. The van der Waals surface area contributed by atoms with Crippen LogP contribution >= 0.6 is 15.9 Å². The third-order valence-electron chi connectivity index (χ3n) is 2.55. The van der Waals surface area contributed by atoms with E-state index in [9.17, 15) is 9.90 Å². The molecule has 0 fully saturated rings. The summed E-state index contributed by atoms with van der Waals surface area (Å²) in [7, 11) is 1.52. The average molecular weight is 303 g/mol. The number of methoxy groups -OCH3 is 1. The number of aliphatic hydroxyl groups is 1.